The van der Waals surface area contributed by atoms with E-state index in [1.165, 1.54) is 0 Å². The molecule has 30 heavy (non-hydrogen) atoms. The Morgan fingerprint density at radius 3 is 2.43 bits per heavy atom. The van der Waals surface area contributed by atoms with Gasteiger partial charge in [-0.25, -0.2) is 4.79 Å². The predicted molar refractivity (Wildman–Crippen MR) is 106 cm³/mol. The fourth-order valence-corrected chi connectivity index (χ4v) is 4.24. The maximum Gasteiger partial charge on any atom is 0.345 e. The minimum absolute atomic E-state index is 0.000282. The molecule has 0 unspecified atom stereocenters. The number of ketones is 2. The van der Waals surface area contributed by atoms with Gasteiger partial charge in [0, 0.05) is 26.1 Å². The first kappa shape index (κ1) is 22.4. The van der Waals surface area contributed by atoms with Gasteiger partial charge in [-0.1, -0.05) is 0 Å². The van der Waals surface area contributed by atoms with Gasteiger partial charge in [0.2, 0.25) is 5.88 Å². The van der Waals surface area contributed by atoms with Crippen LogP contribution >= 0.6 is 0 Å². The molecule has 2 aliphatic carbocycles. The van der Waals surface area contributed by atoms with Crippen molar-refractivity contribution in [3.63, 3.8) is 0 Å². The number of hydrogen-bond donors (Lipinski definition) is 0. The summed E-state index contributed by atoms with van der Waals surface area (Å²) in [5.41, 5.74) is -0.519. The van der Waals surface area contributed by atoms with Crippen LogP contribution in [0.2, 0.25) is 0 Å². The summed E-state index contributed by atoms with van der Waals surface area (Å²) in [7, 11) is 1.60. The van der Waals surface area contributed by atoms with Crippen molar-refractivity contribution in [2.24, 2.45) is 5.41 Å². The molecule has 0 N–H and O–H groups in total. The summed E-state index contributed by atoms with van der Waals surface area (Å²) in [5.74, 6) is -0.128. The SMILES string of the molecule is CCOC(=O)c1cn(C2CCC3(CC2)C(=O)CCC3=O)nc1OCCOCCOC. The van der Waals surface area contributed by atoms with Crippen molar-refractivity contribution < 1.29 is 33.3 Å². The molecular weight excluding hydrogens is 392 g/mol. The van der Waals surface area contributed by atoms with Gasteiger partial charge < -0.3 is 18.9 Å². The number of esters is 1. The lowest BCUT2D eigenvalue weighted by Gasteiger charge is -2.34. The second kappa shape index (κ2) is 10.2. The van der Waals surface area contributed by atoms with Gasteiger partial charge in [0.05, 0.1) is 37.9 Å². The summed E-state index contributed by atoms with van der Waals surface area (Å²) in [4.78, 5) is 36.9. The Kier molecular flexibility index (Phi) is 7.60. The molecule has 9 nitrogen and oxygen atoms in total. The number of carbonyl (C=O) groups is 3. The summed E-state index contributed by atoms with van der Waals surface area (Å²) in [6, 6.07) is 0.000282. The molecule has 2 aliphatic rings. The minimum Gasteiger partial charge on any atom is -0.474 e. The van der Waals surface area contributed by atoms with E-state index in [1.807, 2.05) is 0 Å². The Bertz CT molecular complexity index is 747. The van der Waals surface area contributed by atoms with Crippen LogP contribution in [0.4, 0.5) is 0 Å². The van der Waals surface area contributed by atoms with E-state index in [4.69, 9.17) is 18.9 Å². The molecule has 2 fully saturated rings. The second-order valence-electron chi connectivity index (χ2n) is 7.66. The van der Waals surface area contributed by atoms with Crippen LogP contribution in [0, 0.1) is 5.41 Å². The molecule has 0 saturated heterocycles. The first-order chi connectivity index (χ1) is 14.5. The molecule has 0 amide bonds. The van der Waals surface area contributed by atoms with Crippen molar-refractivity contribution in [1.29, 1.82) is 0 Å². The number of ether oxygens (including phenoxy) is 4. The molecular formula is C21H30N2O7. The van der Waals surface area contributed by atoms with Gasteiger partial charge >= 0.3 is 5.97 Å². The van der Waals surface area contributed by atoms with Gasteiger partial charge in [0.1, 0.15) is 23.7 Å². The monoisotopic (exact) mass is 422 g/mol. The van der Waals surface area contributed by atoms with Crippen molar-refractivity contribution in [2.45, 2.75) is 51.5 Å². The molecule has 1 aromatic rings. The average molecular weight is 422 g/mol. The minimum atomic E-state index is -0.785. The first-order valence-corrected chi connectivity index (χ1v) is 10.5. The third-order valence-corrected chi connectivity index (χ3v) is 5.92. The molecule has 2 saturated carbocycles. The number of Topliss-reactive ketones (excluding diaryl/α,β-unsaturated/α-hetero) is 2. The number of carbonyl (C=O) groups excluding carboxylic acids is 3. The van der Waals surface area contributed by atoms with E-state index >= 15 is 0 Å². The highest BCUT2D eigenvalue weighted by atomic mass is 16.6. The van der Waals surface area contributed by atoms with Crippen LogP contribution in [-0.4, -0.2) is 67.5 Å². The van der Waals surface area contributed by atoms with E-state index in [9.17, 15) is 14.4 Å². The van der Waals surface area contributed by atoms with Gasteiger partial charge in [-0.2, -0.15) is 0 Å². The molecule has 0 aromatic carbocycles. The highest BCUT2D eigenvalue weighted by Crippen LogP contribution is 2.47. The number of methoxy groups -OCH3 is 1. The van der Waals surface area contributed by atoms with Crippen LogP contribution in [0.15, 0.2) is 6.20 Å². The average Bonchev–Trinajstić information content (AvgIpc) is 3.29. The predicted octanol–water partition coefficient (Wildman–Crippen LogP) is 2.14. The zero-order valence-corrected chi connectivity index (χ0v) is 17.7. The second-order valence-corrected chi connectivity index (χ2v) is 7.66. The van der Waals surface area contributed by atoms with Gasteiger partial charge in [0.15, 0.2) is 0 Å². The number of nitrogens with zero attached hydrogens (tertiary/aromatic N) is 2. The number of hydrogen-bond acceptors (Lipinski definition) is 8. The lowest BCUT2D eigenvalue weighted by atomic mass is 9.70. The molecule has 3 rings (SSSR count). The van der Waals surface area contributed by atoms with Crippen molar-refractivity contribution in [1.82, 2.24) is 9.78 Å². The number of aromatic nitrogens is 2. The fourth-order valence-electron chi connectivity index (χ4n) is 4.24. The highest BCUT2D eigenvalue weighted by molar-refractivity contribution is 6.12. The highest BCUT2D eigenvalue weighted by Gasteiger charge is 2.51. The summed E-state index contributed by atoms with van der Waals surface area (Å²) in [6.45, 7) is 3.53. The Hall–Kier alpha value is -2.26. The van der Waals surface area contributed by atoms with Crippen LogP contribution in [0.25, 0.3) is 0 Å². The summed E-state index contributed by atoms with van der Waals surface area (Å²) < 4.78 is 22.8. The summed E-state index contributed by atoms with van der Waals surface area (Å²) in [6.07, 6.45) is 4.74. The first-order valence-electron chi connectivity index (χ1n) is 10.5. The quantitative estimate of drug-likeness (QED) is 0.321. The number of rotatable bonds is 10. The third-order valence-electron chi connectivity index (χ3n) is 5.92. The zero-order chi connectivity index (χ0) is 21.6. The fraction of sp³-hybridized carbons (Fsp3) is 0.714. The zero-order valence-electron chi connectivity index (χ0n) is 17.7. The van der Waals surface area contributed by atoms with Crippen LogP contribution in [0.1, 0.15) is 61.8 Å². The molecule has 1 heterocycles. The van der Waals surface area contributed by atoms with E-state index in [-0.39, 0.29) is 42.3 Å². The largest absolute Gasteiger partial charge is 0.474 e. The molecule has 166 valence electrons. The van der Waals surface area contributed by atoms with E-state index in [1.54, 1.807) is 24.9 Å². The molecule has 1 spiro atoms. The van der Waals surface area contributed by atoms with Crippen LogP contribution < -0.4 is 4.74 Å². The van der Waals surface area contributed by atoms with Crippen LogP contribution in [-0.2, 0) is 23.8 Å². The lowest BCUT2D eigenvalue weighted by molar-refractivity contribution is -0.137. The van der Waals surface area contributed by atoms with E-state index in [0.717, 1.165) is 0 Å². The molecule has 0 bridgehead atoms. The Balaban J connectivity index is 1.65. The van der Waals surface area contributed by atoms with E-state index in [0.29, 0.717) is 58.3 Å². The van der Waals surface area contributed by atoms with Crippen LogP contribution in [0.3, 0.4) is 0 Å². The lowest BCUT2D eigenvalue weighted by Crippen LogP contribution is -2.37. The Morgan fingerprint density at radius 1 is 1.13 bits per heavy atom. The molecule has 0 aliphatic heterocycles. The Labute approximate surface area is 176 Å². The van der Waals surface area contributed by atoms with Crippen LogP contribution in [0.5, 0.6) is 5.88 Å². The smallest absolute Gasteiger partial charge is 0.345 e. The normalized spacial score (nSPS) is 18.9. The van der Waals surface area contributed by atoms with Gasteiger partial charge in [-0.15, -0.1) is 5.10 Å². The summed E-state index contributed by atoms with van der Waals surface area (Å²) in [5, 5.41) is 4.47. The van der Waals surface area contributed by atoms with Crippen molar-refractivity contribution in [3.8, 4) is 5.88 Å². The van der Waals surface area contributed by atoms with Crippen molar-refractivity contribution >= 4 is 17.5 Å². The standard InChI is InChI=1S/C21H30N2O7/c1-3-29-20(26)16-14-23(22-19(16)30-13-12-28-11-10-27-2)15-6-8-21(9-7-15)17(24)4-5-18(21)25/h14-15H,3-13H2,1-2H3. The molecule has 9 heteroatoms. The maximum atomic E-state index is 12.3. The van der Waals surface area contributed by atoms with Crippen molar-refractivity contribution in [3.05, 3.63) is 11.8 Å². The van der Waals surface area contributed by atoms with Gasteiger partial charge in [0.25, 0.3) is 0 Å². The molecule has 1 aromatic heterocycles. The molecule has 0 atom stereocenters. The van der Waals surface area contributed by atoms with E-state index < -0.39 is 11.4 Å². The maximum absolute atomic E-state index is 12.3. The topological polar surface area (TPSA) is 106 Å². The van der Waals surface area contributed by atoms with Gasteiger partial charge in [-0.05, 0) is 32.6 Å². The van der Waals surface area contributed by atoms with Crippen molar-refractivity contribution in [2.75, 3.05) is 40.1 Å². The van der Waals surface area contributed by atoms with E-state index in [2.05, 4.69) is 5.10 Å². The molecule has 0 radical (unpaired) electrons. The van der Waals surface area contributed by atoms with Gasteiger partial charge in [-0.3, -0.25) is 14.3 Å². The Morgan fingerprint density at radius 2 is 1.80 bits per heavy atom. The summed E-state index contributed by atoms with van der Waals surface area (Å²) >= 11 is 0. The third kappa shape index (κ3) is 4.73.